The van der Waals surface area contributed by atoms with Crippen LogP contribution in [0.2, 0.25) is 0 Å². The molecule has 18 heavy (non-hydrogen) atoms. The molecule has 0 atom stereocenters. The van der Waals surface area contributed by atoms with Crippen LogP contribution in [0.5, 0.6) is 0 Å². The zero-order valence-corrected chi connectivity index (χ0v) is 11.0. The number of rotatable bonds is 3. The average molecular weight is 265 g/mol. The highest BCUT2D eigenvalue weighted by atomic mass is 32.1. The molecule has 0 radical (unpaired) electrons. The van der Waals surface area contributed by atoms with E-state index in [4.69, 9.17) is 5.84 Å². The summed E-state index contributed by atoms with van der Waals surface area (Å²) < 4.78 is 1.04. The van der Waals surface area contributed by atoms with Crippen molar-refractivity contribution >= 4 is 32.7 Å². The molecule has 0 aliphatic rings. The molecule has 2 rings (SSSR count). The van der Waals surface area contributed by atoms with Crippen molar-refractivity contribution in [3.8, 4) is 0 Å². The maximum absolute atomic E-state index is 11.1. The third kappa shape index (κ3) is 2.95. The second-order valence-corrected chi connectivity index (χ2v) is 5.19. The molecule has 1 heterocycles. The Hall–Kier alpha value is -1.70. The molecule has 4 N–H and O–H groups in total. The maximum Gasteiger partial charge on any atom is 0.335 e. The highest BCUT2D eigenvalue weighted by molar-refractivity contribution is 7.22. The predicted octanol–water partition coefficient (Wildman–Crippen LogP) is 1.35. The Morgan fingerprint density at radius 2 is 2.28 bits per heavy atom. The van der Waals surface area contributed by atoms with Crippen molar-refractivity contribution in [3.05, 3.63) is 23.8 Å². The third-order valence-corrected chi connectivity index (χ3v) is 3.24. The SMILES string of the molecule is CN(C)Cc1ccc2nc(NC(=O)NN)sc2c1. The van der Waals surface area contributed by atoms with Crippen molar-refractivity contribution in [2.45, 2.75) is 6.54 Å². The van der Waals surface area contributed by atoms with Gasteiger partial charge >= 0.3 is 6.03 Å². The number of benzene rings is 1. The lowest BCUT2D eigenvalue weighted by Crippen LogP contribution is -2.34. The number of nitrogens with two attached hydrogens (primary N) is 1. The molecule has 1 aromatic carbocycles. The fraction of sp³-hybridized carbons (Fsp3) is 0.273. The summed E-state index contributed by atoms with van der Waals surface area (Å²) in [5, 5.41) is 3.10. The second-order valence-electron chi connectivity index (χ2n) is 4.16. The van der Waals surface area contributed by atoms with Gasteiger partial charge in [0.05, 0.1) is 10.2 Å². The number of carbonyl (C=O) groups is 1. The molecule has 0 saturated carbocycles. The predicted molar refractivity (Wildman–Crippen MR) is 73.4 cm³/mol. The number of urea groups is 1. The van der Waals surface area contributed by atoms with Crippen molar-refractivity contribution in [2.75, 3.05) is 19.4 Å². The van der Waals surface area contributed by atoms with Crippen LogP contribution >= 0.6 is 11.3 Å². The molecule has 0 aliphatic heterocycles. The topological polar surface area (TPSA) is 83.3 Å². The van der Waals surface area contributed by atoms with Crippen LogP contribution in [0.1, 0.15) is 5.56 Å². The summed E-state index contributed by atoms with van der Waals surface area (Å²) in [5.41, 5.74) is 4.09. The van der Waals surface area contributed by atoms with Gasteiger partial charge in [0.2, 0.25) is 0 Å². The minimum Gasteiger partial charge on any atom is -0.305 e. The summed E-state index contributed by atoms with van der Waals surface area (Å²) >= 11 is 1.43. The summed E-state index contributed by atoms with van der Waals surface area (Å²) in [7, 11) is 4.05. The van der Waals surface area contributed by atoms with Gasteiger partial charge < -0.3 is 4.90 Å². The van der Waals surface area contributed by atoms with E-state index in [2.05, 4.69) is 21.3 Å². The zero-order chi connectivity index (χ0) is 13.1. The van der Waals surface area contributed by atoms with Crippen LogP contribution in [0.25, 0.3) is 10.2 Å². The number of fused-ring (bicyclic) bond motifs is 1. The van der Waals surface area contributed by atoms with E-state index in [0.29, 0.717) is 5.13 Å². The summed E-state index contributed by atoms with van der Waals surface area (Å²) in [6, 6.07) is 5.60. The Labute approximate surface area is 109 Å². The van der Waals surface area contributed by atoms with E-state index in [-0.39, 0.29) is 0 Å². The summed E-state index contributed by atoms with van der Waals surface area (Å²) in [4.78, 5) is 17.5. The molecule has 0 spiro atoms. The molecule has 7 heteroatoms. The first-order valence-electron chi connectivity index (χ1n) is 5.40. The number of hydrogen-bond donors (Lipinski definition) is 3. The summed E-state index contributed by atoms with van der Waals surface area (Å²) in [6.07, 6.45) is 0. The van der Waals surface area contributed by atoms with Gasteiger partial charge in [-0.3, -0.25) is 10.7 Å². The molecule has 2 aromatic rings. The number of hydrazine groups is 1. The summed E-state index contributed by atoms with van der Waals surface area (Å²) in [6.45, 7) is 0.875. The van der Waals surface area contributed by atoms with Gasteiger partial charge in [-0.1, -0.05) is 17.4 Å². The monoisotopic (exact) mass is 265 g/mol. The molecule has 2 amide bonds. The smallest absolute Gasteiger partial charge is 0.305 e. The number of hydrogen-bond acceptors (Lipinski definition) is 5. The van der Waals surface area contributed by atoms with Gasteiger partial charge in [-0.25, -0.2) is 15.6 Å². The lowest BCUT2D eigenvalue weighted by Gasteiger charge is -2.08. The fourth-order valence-electron chi connectivity index (χ4n) is 1.62. The first-order valence-corrected chi connectivity index (χ1v) is 6.22. The number of nitrogens with zero attached hydrogens (tertiary/aromatic N) is 2. The number of nitrogens with one attached hydrogen (secondary N) is 2. The number of aromatic nitrogens is 1. The molecule has 0 bridgehead atoms. The standard InChI is InChI=1S/C11H15N5OS/c1-16(2)6-7-3-4-8-9(5-7)18-11(13-8)14-10(17)15-12/h3-5H,6,12H2,1-2H3,(H2,13,14,15,17). The first-order chi connectivity index (χ1) is 8.58. The van der Waals surface area contributed by atoms with Gasteiger partial charge in [-0.2, -0.15) is 0 Å². The minimum atomic E-state index is -0.470. The Bertz CT molecular complexity index is 566. The molecule has 0 saturated heterocycles. The van der Waals surface area contributed by atoms with Crippen molar-refractivity contribution < 1.29 is 4.79 Å². The number of thiazole rings is 1. The molecular weight excluding hydrogens is 250 g/mol. The van der Waals surface area contributed by atoms with Gasteiger partial charge in [-0.05, 0) is 31.8 Å². The lowest BCUT2D eigenvalue weighted by molar-refractivity contribution is 0.252. The highest BCUT2D eigenvalue weighted by Crippen LogP contribution is 2.26. The molecule has 0 fully saturated rings. The van der Waals surface area contributed by atoms with E-state index in [1.807, 2.05) is 31.7 Å². The Kier molecular flexibility index (Phi) is 3.75. The van der Waals surface area contributed by atoms with E-state index in [1.54, 1.807) is 0 Å². The average Bonchev–Trinajstić information content (AvgIpc) is 2.69. The third-order valence-electron chi connectivity index (χ3n) is 2.30. The first kappa shape index (κ1) is 12.7. The van der Waals surface area contributed by atoms with Crippen molar-refractivity contribution in [2.24, 2.45) is 5.84 Å². The van der Waals surface area contributed by atoms with Crippen LogP contribution in [-0.4, -0.2) is 30.0 Å². The highest BCUT2D eigenvalue weighted by Gasteiger charge is 2.07. The quantitative estimate of drug-likeness (QED) is 0.444. The van der Waals surface area contributed by atoms with Crippen molar-refractivity contribution in [1.29, 1.82) is 0 Å². The van der Waals surface area contributed by atoms with Crippen LogP contribution in [0.3, 0.4) is 0 Å². The molecule has 96 valence electrons. The van der Waals surface area contributed by atoms with E-state index in [0.717, 1.165) is 16.8 Å². The van der Waals surface area contributed by atoms with Gasteiger partial charge in [0.1, 0.15) is 0 Å². The van der Waals surface area contributed by atoms with Crippen LogP contribution in [0.15, 0.2) is 18.2 Å². The molecule has 0 aliphatic carbocycles. The Morgan fingerprint density at radius 1 is 1.50 bits per heavy atom. The van der Waals surface area contributed by atoms with Crippen LogP contribution in [0.4, 0.5) is 9.93 Å². The van der Waals surface area contributed by atoms with Crippen LogP contribution in [-0.2, 0) is 6.54 Å². The van der Waals surface area contributed by atoms with Crippen LogP contribution in [0, 0.1) is 0 Å². The van der Waals surface area contributed by atoms with Gasteiger partial charge in [0, 0.05) is 6.54 Å². The van der Waals surface area contributed by atoms with E-state index in [9.17, 15) is 4.79 Å². The van der Waals surface area contributed by atoms with Crippen molar-refractivity contribution in [3.63, 3.8) is 0 Å². The number of carbonyl (C=O) groups excluding carboxylic acids is 1. The summed E-state index contributed by atoms with van der Waals surface area (Å²) in [5.74, 6) is 5.00. The number of amides is 2. The van der Waals surface area contributed by atoms with E-state index in [1.165, 1.54) is 16.9 Å². The maximum atomic E-state index is 11.1. The second kappa shape index (κ2) is 5.30. The normalized spacial score (nSPS) is 10.9. The van der Waals surface area contributed by atoms with Gasteiger partial charge in [0.25, 0.3) is 0 Å². The Morgan fingerprint density at radius 3 is 2.94 bits per heavy atom. The molecule has 0 unspecified atom stereocenters. The fourth-order valence-corrected chi connectivity index (χ4v) is 2.54. The Balaban J connectivity index is 2.25. The van der Waals surface area contributed by atoms with Gasteiger partial charge in [-0.15, -0.1) is 0 Å². The van der Waals surface area contributed by atoms with Crippen molar-refractivity contribution in [1.82, 2.24) is 15.3 Å². The number of anilines is 1. The molecular formula is C11H15N5OS. The molecule has 1 aromatic heterocycles. The lowest BCUT2D eigenvalue weighted by atomic mass is 10.2. The largest absolute Gasteiger partial charge is 0.335 e. The van der Waals surface area contributed by atoms with E-state index < -0.39 is 6.03 Å². The zero-order valence-electron chi connectivity index (χ0n) is 10.2. The minimum absolute atomic E-state index is 0.470. The molecule has 6 nitrogen and oxygen atoms in total. The van der Waals surface area contributed by atoms with Crippen LogP contribution < -0.4 is 16.6 Å². The van der Waals surface area contributed by atoms with Gasteiger partial charge in [0.15, 0.2) is 5.13 Å². The van der Waals surface area contributed by atoms with E-state index >= 15 is 0 Å².